The molecule has 0 spiro atoms. The zero-order valence-corrected chi connectivity index (χ0v) is 8.25. The van der Waals surface area contributed by atoms with E-state index in [-0.39, 0.29) is 12.2 Å². The molecule has 0 aliphatic carbocycles. The second-order valence-electron chi connectivity index (χ2n) is 4.18. The molecule has 0 bridgehead atoms. The van der Waals surface area contributed by atoms with Crippen LogP contribution in [0.3, 0.4) is 0 Å². The van der Waals surface area contributed by atoms with Crippen LogP contribution in [0.25, 0.3) is 0 Å². The van der Waals surface area contributed by atoms with E-state index in [1.807, 2.05) is 19.9 Å². The van der Waals surface area contributed by atoms with Gasteiger partial charge in [-0.25, -0.2) is 0 Å². The summed E-state index contributed by atoms with van der Waals surface area (Å²) in [5.74, 6) is -0.406. The molecule has 0 aromatic carbocycles. The number of rotatable bonds is 2. The lowest BCUT2D eigenvalue weighted by Gasteiger charge is -2.21. The highest BCUT2D eigenvalue weighted by molar-refractivity contribution is 4.99. The predicted molar refractivity (Wildman–Crippen MR) is 50.4 cm³/mol. The summed E-state index contributed by atoms with van der Waals surface area (Å²) in [6.07, 6.45) is 3.29. The normalized spacial score (nSPS) is 41.8. The molecule has 3 atom stereocenters. The van der Waals surface area contributed by atoms with E-state index in [1.165, 1.54) is 0 Å². The summed E-state index contributed by atoms with van der Waals surface area (Å²) in [6, 6.07) is 0.379. The number of nitrogens with one attached hydrogen (secondary N) is 1. The van der Waals surface area contributed by atoms with Crippen molar-refractivity contribution in [3.05, 3.63) is 12.7 Å². The smallest absolute Gasteiger partial charge is 0.163 e. The maximum atomic E-state index is 5.81. The van der Waals surface area contributed by atoms with Gasteiger partial charge in [0.2, 0.25) is 0 Å². The second kappa shape index (κ2) is 3.08. The van der Waals surface area contributed by atoms with E-state index in [1.54, 1.807) is 0 Å². The van der Waals surface area contributed by atoms with Crippen LogP contribution in [0.1, 0.15) is 20.3 Å². The molecule has 0 radical (unpaired) electrons. The van der Waals surface area contributed by atoms with Crippen molar-refractivity contribution in [3.8, 4) is 0 Å². The van der Waals surface area contributed by atoms with Gasteiger partial charge in [-0.3, -0.25) is 0 Å². The van der Waals surface area contributed by atoms with Crippen molar-refractivity contribution in [3.63, 3.8) is 0 Å². The van der Waals surface area contributed by atoms with Crippen LogP contribution in [0.2, 0.25) is 0 Å². The first-order valence-corrected chi connectivity index (χ1v) is 4.82. The summed E-state index contributed by atoms with van der Waals surface area (Å²) in [7, 11) is 0. The van der Waals surface area contributed by atoms with E-state index >= 15 is 0 Å². The van der Waals surface area contributed by atoms with Gasteiger partial charge >= 0.3 is 0 Å². The number of hydrogen-bond acceptors (Lipinski definition) is 3. The van der Waals surface area contributed by atoms with Gasteiger partial charge in [-0.15, -0.1) is 6.58 Å². The Balaban J connectivity index is 2.03. The Kier molecular flexibility index (Phi) is 2.18. The Bertz CT molecular complexity index is 215. The van der Waals surface area contributed by atoms with Gasteiger partial charge in [0.25, 0.3) is 0 Å². The highest BCUT2D eigenvalue weighted by Crippen LogP contribution is 2.33. The van der Waals surface area contributed by atoms with Crippen LogP contribution in [0, 0.1) is 0 Å². The molecule has 2 heterocycles. The molecule has 2 rings (SSSR count). The Morgan fingerprint density at radius 3 is 3.00 bits per heavy atom. The summed E-state index contributed by atoms with van der Waals surface area (Å²) in [4.78, 5) is 0. The molecule has 2 fully saturated rings. The fourth-order valence-corrected chi connectivity index (χ4v) is 2.14. The molecular formula is C10H17NO2. The van der Waals surface area contributed by atoms with Gasteiger partial charge in [0, 0.05) is 12.6 Å². The van der Waals surface area contributed by atoms with Crippen molar-refractivity contribution in [1.82, 2.24) is 5.32 Å². The number of fused-ring (bicyclic) bond motifs is 1. The third-order valence-corrected chi connectivity index (χ3v) is 2.62. The molecule has 0 aromatic heterocycles. The molecule has 2 aliphatic heterocycles. The lowest BCUT2D eigenvalue weighted by atomic mass is 10.1. The first kappa shape index (κ1) is 9.19. The fraction of sp³-hybridized carbons (Fsp3) is 0.800. The lowest BCUT2D eigenvalue weighted by molar-refractivity contribution is -0.152. The van der Waals surface area contributed by atoms with Gasteiger partial charge in [-0.05, 0) is 20.3 Å². The minimum Gasteiger partial charge on any atom is -0.343 e. The van der Waals surface area contributed by atoms with Gasteiger partial charge in [0.15, 0.2) is 5.79 Å². The zero-order valence-electron chi connectivity index (χ0n) is 8.25. The highest BCUT2D eigenvalue weighted by atomic mass is 16.8. The van der Waals surface area contributed by atoms with Crippen LogP contribution in [-0.4, -0.2) is 30.6 Å². The first-order valence-electron chi connectivity index (χ1n) is 4.82. The predicted octanol–water partition coefficient (Wildman–Crippen LogP) is 1.05. The molecule has 0 saturated carbocycles. The van der Waals surface area contributed by atoms with Crippen LogP contribution in [0.4, 0.5) is 0 Å². The van der Waals surface area contributed by atoms with Crippen molar-refractivity contribution in [2.75, 3.05) is 6.54 Å². The van der Waals surface area contributed by atoms with Crippen molar-refractivity contribution in [2.24, 2.45) is 0 Å². The lowest BCUT2D eigenvalue weighted by Crippen LogP contribution is -2.34. The van der Waals surface area contributed by atoms with E-state index in [0.717, 1.165) is 13.0 Å². The topological polar surface area (TPSA) is 30.5 Å². The van der Waals surface area contributed by atoms with Crippen molar-refractivity contribution >= 4 is 0 Å². The van der Waals surface area contributed by atoms with Crippen LogP contribution in [0.15, 0.2) is 12.7 Å². The largest absolute Gasteiger partial charge is 0.343 e. The van der Waals surface area contributed by atoms with E-state index in [2.05, 4.69) is 11.9 Å². The molecule has 3 heteroatoms. The molecule has 2 saturated heterocycles. The number of hydrogen-bond donors (Lipinski definition) is 1. The third kappa shape index (κ3) is 1.64. The maximum absolute atomic E-state index is 5.81. The molecule has 74 valence electrons. The third-order valence-electron chi connectivity index (χ3n) is 2.62. The molecule has 1 N–H and O–H groups in total. The van der Waals surface area contributed by atoms with Crippen molar-refractivity contribution in [2.45, 2.75) is 44.3 Å². The Morgan fingerprint density at radius 2 is 2.31 bits per heavy atom. The van der Waals surface area contributed by atoms with Crippen LogP contribution >= 0.6 is 0 Å². The number of ether oxygens (including phenoxy) is 2. The Hall–Kier alpha value is -0.380. The summed E-state index contributed by atoms with van der Waals surface area (Å²) in [5, 5.41) is 3.38. The minimum absolute atomic E-state index is 0.202. The van der Waals surface area contributed by atoms with E-state index < -0.39 is 5.79 Å². The standard InChI is InChI=1S/C10H17NO2/c1-4-5-7-9-8(6-11-7)12-10(2,3)13-9/h4,7-9,11H,1,5-6H2,2-3H3. The van der Waals surface area contributed by atoms with Crippen molar-refractivity contribution in [1.29, 1.82) is 0 Å². The molecular weight excluding hydrogens is 166 g/mol. The minimum atomic E-state index is -0.406. The van der Waals surface area contributed by atoms with Gasteiger partial charge in [-0.2, -0.15) is 0 Å². The van der Waals surface area contributed by atoms with E-state index in [4.69, 9.17) is 9.47 Å². The highest BCUT2D eigenvalue weighted by Gasteiger charge is 2.48. The van der Waals surface area contributed by atoms with Crippen molar-refractivity contribution < 1.29 is 9.47 Å². The summed E-state index contributed by atoms with van der Waals surface area (Å²) in [5.41, 5.74) is 0. The average Bonchev–Trinajstić information content (AvgIpc) is 2.48. The molecule has 0 aromatic rings. The first-order chi connectivity index (χ1) is 6.12. The van der Waals surface area contributed by atoms with Gasteiger partial charge in [0.1, 0.15) is 12.2 Å². The van der Waals surface area contributed by atoms with Crippen LogP contribution < -0.4 is 5.32 Å². The summed E-state index contributed by atoms with van der Waals surface area (Å²) < 4.78 is 11.5. The monoisotopic (exact) mass is 183 g/mol. The SMILES string of the molecule is C=CCC1NCC2OC(C)(C)OC12. The zero-order chi connectivity index (χ0) is 9.47. The van der Waals surface area contributed by atoms with E-state index in [9.17, 15) is 0 Å². The molecule has 0 amide bonds. The molecule has 3 nitrogen and oxygen atoms in total. The summed E-state index contributed by atoms with van der Waals surface area (Å²) in [6.45, 7) is 8.57. The van der Waals surface area contributed by atoms with Crippen LogP contribution in [-0.2, 0) is 9.47 Å². The maximum Gasteiger partial charge on any atom is 0.163 e. The fourth-order valence-electron chi connectivity index (χ4n) is 2.14. The van der Waals surface area contributed by atoms with Gasteiger partial charge in [-0.1, -0.05) is 6.08 Å². The Labute approximate surface area is 79.1 Å². The Morgan fingerprint density at radius 1 is 1.54 bits per heavy atom. The average molecular weight is 183 g/mol. The molecule has 13 heavy (non-hydrogen) atoms. The second-order valence-corrected chi connectivity index (χ2v) is 4.18. The van der Waals surface area contributed by atoms with Gasteiger partial charge < -0.3 is 14.8 Å². The quantitative estimate of drug-likeness (QED) is 0.649. The molecule has 2 aliphatic rings. The van der Waals surface area contributed by atoms with E-state index in [0.29, 0.717) is 6.04 Å². The molecule has 3 unspecified atom stereocenters. The summed E-state index contributed by atoms with van der Waals surface area (Å²) >= 11 is 0. The van der Waals surface area contributed by atoms with Gasteiger partial charge in [0.05, 0.1) is 0 Å². The van der Waals surface area contributed by atoms with Crippen LogP contribution in [0.5, 0.6) is 0 Å².